The first-order valence-electron chi connectivity index (χ1n) is 11.6. The molecule has 9 nitrogen and oxygen atoms in total. The van der Waals surface area contributed by atoms with Crippen LogP contribution in [-0.2, 0) is 4.79 Å². The first kappa shape index (κ1) is 27.5. The van der Waals surface area contributed by atoms with E-state index >= 15 is 0 Å². The van der Waals surface area contributed by atoms with Crippen LogP contribution in [0.25, 0.3) is 22.5 Å². The molecule has 1 atom stereocenters. The van der Waals surface area contributed by atoms with Gasteiger partial charge in [0.1, 0.15) is 11.8 Å². The van der Waals surface area contributed by atoms with E-state index in [0.29, 0.717) is 27.4 Å². The molecule has 0 radical (unpaired) electrons. The molecule has 0 saturated heterocycles. The number of ether oxygens (including phenoxy) is 1. The molecular formula is C27H22ClF2N3O6. The lowest BCUT2D eigenvalue weighted by molar-refractivity contribution is -0.119. The van der Waals surface area contributed by atoms with E-state index in [1.54, 1.807) is 19.1 Å². The van der Waals surface area contributed by atoms with Gasteiger partial charge in [0.25, 0.3) is 11.4 Å². The summed E-state index contributed by atoms with van der Waals surface area (Å²) in [4.78, 5) is 41.0. The highest BCUT2D eigenvalue weighted by molar-refractivity contribution is 6.31. The van der Waals surface area contributed by atoms with E-state index in [9.17, 15) is 23.2 Å². The number of pyridine rings is 1. The van der Waals surface area contributed by atoms with Gasteiger partial charge in [-0.2, -0.15) is 8.78 Å². The van der Waals surface area contributed by atoms with Crippen molar-refractivity contribution in [3.8, 4) is 28.2 Å². The van der Waals surface area contributed by atoms with Gasteiger partial charge in [0.05, 0.1) is 25.1 Å². The summed E-state index contributed by atoms with van der Waals surface area (Å²) in [6, 6.07) is 10.6. The second-order valence-corrected chi connectivity index (χ2v) is 8.79. The van der Waals surface area contributed by atoms with Gasteiger partial charge in [0, 0.05) is 27.9 Å². The van der Waals surface area contributed by atoms with Gasteiger partial charge in [-0.3, -0.25) is 14.2 Å². The summed E-state index contributed by atoms with van der Waals surface area (Å²) in [5.41, 5.74) is 0.906. The molecule has 4 rings (SSSR count). The Morgan fingerprint density at radius 2 is 1.85 bits per heavy atom. The van der Waals surface area contributed by atoms with Crippen molar-refractivity contribution in [1.82, 2.24) is 9.55 Å². The van der Waals surface area contributed by atoms with Gasteiger partial charge in [-0.1, -0.05) is 18.5 Å². The zero-order valence-electron chi connectivity index (χ0n) is 20.7. The van der Waals surface area contributed by atoms with Crippen LogP contribution in [-0.4, -0.2) is 33.6 Å². The molecule has 39 heavy (non-hydrogen) atoms. The number of oxazole rings is 1. The minimum Gasteiger partial charge on any atom is -0.495 e. The van der Waals surface area contributed by atoms with E-state index in [1.807, 2.05) is 0 Å². The van der Waals surface area contributed by atoms with Gasteiger partial charge < -0.3 is 19.6 Å². The van der Waals surface area contributed by atoms with Crippen LogP contribution in [0.5, 0.6) is 5.75 Å². The molecule has 2 heterocycles. The molecule has 2 aromatic carbocycles. The molecule has 2 aromatic heterocycles. The third kappa shape index (κ3) is 5.83. The number of carboxylic acids is 1. The molecule has 0 fully saturated rings. The fraction of sp³-hybridized carbons (Fsp3) is 0.185. The van der Waals surface area contributed by atoms with E-state index < -0.39 is 35.8 Å². The van der Waals surface area contributed by atoms with Gasteiger partial charge in [-0.15, -0.1) is 0 Å². The lowest BCUT2D eigenvalue weighted by atomic mass is 9.98. The van der Waals surface area contributed by atoms with Crippen LogP contribution in [0.4, 0.5) is 14.5 Å². The van der Waals surface area contributed by atoms with E-state index in [-0.39, 0.29) is 23.5 Å². The Kier molecular flexibility index (Phi) is 8.10. The topological polar surface area (TPSA) is 124 Å². The van der Waals surface area contributed by atoms with Gasteiger partial charge in [-0.05, 0) is 54.4 Å². The number of nitrogens with zero attached hydrogens (tertiary/aromatic N) is 2. The number of aromatic carboxylic acids is 1. The molecule has 0 saturated carbocycles. The molecule has 202 valence electrons. The second kappa shape index (κ2) is 11.5. The van der Waals surface area contributed by atoms with Crippen LogP contribution in [0, 0.1) is 0 Å². The number of anilines is 1. The molecule has 4 aromatic rings. The number of carboxylic acid groups (broad SMARTS) is 1. The van der Waals surface area contributed by atoms with Crippen LogP contribution in [0.1, 0.15) is 42.1 Å². The molecule has 0 aliphatic rings. The van der Waals surface area contributed by atoms with Crippen molar-refractivity contribution in [2.45, 2.75) is 25.8 Å². The first-order valence-corrected chi connectivity index (χ1v) is 12.0. The minimum atomic E-state index is -2.90. The molecule has 0 bridgehead atoms. The molecule has 2 N–H and O–H groups in total. The van der Waals surface area contributed by atoms with E-state index in [1.165, 1.54) is 54.3 Å². The number of hydrogen-bond acceptors (Lipinski definition) is 6. The quantitative estimate of drug-likeness (QED) is 0.256. The summed E-state index contributed by atoms with van der Waals surface area (Å²) in [6.07, 6.45) is -0.116. The Hall–Kier alpha value is -4.51. The zero-order valence-corrected chi connectivity index (χ0v) is 21.4. The van der Waals surface area contributed by atoms with Crippen molar-refractivity contribution < 1.29 is 32.6 Å². The Morgan fingerprint density at radius 1 is 1.13 bits per heavy atom. The lowest BCUT2D eigenvalue weighted by Gasteiger charge is -2.20. The van der Waals surface area contributed by atoms with Crippen molar-refractivity contribution in [2.24, 2.45) is 0 Å². The number of alkyl halides is 2. The van der Waals surface area contributed by atoms with Gasteiger partial charge in [-0.25, -0.2) is 9.78 Å². The number of rotatable bonds is 9. The molecule has 0 aliphatic heterocycles. The van der Waals surface area contributed by atoms with Gasteiger partial charge in [0.15, 0.2) is 5.76 Å². The van der Waals surface area contributed by atoms with Gasteiger partial charge >= 0.3 is 12.4 Å². The van der Waals surface area contributed by atoms with E-state index in [2.05, 4.69) is 10.3 Å². The molecule has 0 spiro atoms. The summed E-state index contributed by atoms with van der Waals surface area (Å²) in [6.45, 7) is 1.73. The smallest absolute Gasteiger partial charge is 0.335 e. The van der Waals surface area contributed by atoms with E-state index in [4.69, 9.17) is 25.9 Å². The molecule has 0 aliphatic carbocycles. The highest BCUT2D eigenvalue weighted by atomic mass is 35.5. The fourth-order valence-corrected chi connectivity index (χ4v) is 4.21. The second-order valence-electron chi connectivity index (χ2n) is 8.35. The Bertz CT molecular complexity index is 1580. The standard InChI is InChI=1S/C27H22ClF2N3O6/c1-3-20(25(35)32-16-7-4-14(5-8-16)27(36)37)33-13-22(38-2)19(11-23(33)34)18-10-15(28)6-9-17(18)21-12-31-26(39-21)24(29)30/h4-13,20,24H,3H2,1-2H3,(H,32,35)(H,36,37). The molecular weight excluding hydrogens is 536 g/mol. The van der Waals surface area contributed by atoms with Crippen LogP contribution in [0.15, 0.2) is 70.1 Å². The minimum absolute atomic E-state index is 0.0444. The number of aromatic nitrogens is 2. The first-order chi connectivity index (χ1) is 18.6. The predicted octanol–water partition coefficient (Wildman–Crippen LogP) is 6.06. The lowest BCUT2D eigenvalue weighted by Crippen LogP contribution is -2.32. The average Bonchev–Trinajstić information content (AvgIpc) is 3.40. The highest BCUT2D eigenvalue weighted by Crippen LogP contribution is 2.39. The third-order valence-corrected chi connectivity index (χ3v) is 6.17. The third-order valence-electron chi connectivity index (χ3n) is 5.94. The monoisotopic (exact) mass is 557 g/mol. The summed E-state index contributed by atoms with van der Waals surface area (Å²) in [5, 5.41) is 12.1. The van der Waals surface area contributed by atoms with Gasteiger partial charge in [0.2, 0.25) is 5.91 Å². The summed E-state index contributed by atoms with van der Waals surface area (Å²) < 4.78 is 38.1. The Balaban J connectivity index is 1.73. The van der Waals surface area contributed by atoms with Crippen LogP contribution >= 0.6 is 11.6 Å². The van der Waals surface area contributed by atoms with Crippen molar-refractivity contribution in [1.29, 1.82) is 0 Å². The van der Waals surface area contributed by atoms with Crippen molar-refractivity contribution in [3.63, 3.8) is 0 Å². The number of nitrogens with one attached hydrogen (secondary N) is 1. The number of carbonyl (C=O) groups excluding carboxylic acids is 1. The zero-order chi connectivity index (χ0) is 28.3. The van der Waals surface area contributed by atoms with Crippen molar-refractivity contribution >= 4 is 29.2 Å². The number of benzene rings is 2. The number of methoxy groups -OCH3 is 1. The molecule has 1 amide bonds. The summed E-state index contributed by atoms with van der Waals surface area (Å²) >= 11 is 6.22. The maximum atomic E-state index is 13.3. The Labute approximate surface area is 225 Å². The molecule has 12 heteroatoms. The summed E-state index contributed by atoms with van der Waals surface area (Å²) in [5.74, 6) is -2.09. The number of hydrogen-bond donors (Lipinski definition) is 2. The largest absolute Gasteiger partial charge is 0.495 e. The van der Waals surface area contributed by atoms with Crippen LogP contribution < -0.4 is 15.6 Å². The fourth-order valence-electron chi connectivity index (χ4n) is 4.04. The SMILES string of the molecule is CCC(C(=O)Nc1ccc(C(=O)O)cc1)n1cc(OC)c(-c2cc(Cl)ccc2-c2cnc(C(F)F)o2)cc1=O. The van der Waals surface area contributed by atoms with Crippen molar-refractivity contribution in [2.75, 3.05) is 12.4 Å². The number of amides is 1. The average molecular weight is 558 g/mol. The normalized spacial score (nSPS) is 11.8. The number of halogens is 3. The predicted molar refractivity (Wildman–Crippen MR) is 140 cm³/mol. The molecule has 1 unspecified atom stereocenters. The maximum Gasteiger partial charge on any atom is 0.335 e. The van der Waals surface area contributed by atoms with E-state index in [0.717, 1.165) is 6.20 Å². The van der Waals surface area contributed by atoms with Crippen LogP contribution in [0.2, 0.25) is 5.02 Å². The highest BCUT2D eigenvalue weighted by Gasteiger charge is 2.24. The Morgan fingerprint density at radius 3 is 2.44 bits per heavy atom. The van der Waals surface area contributed by atoms with Crippen LogP contribution in [0.3, 0.4) is 0 Å². The maximum absolute atomic E-state index is 13.3. The summed E-state index contributed by atoms with van der Waals surface area (Å²) in [7, 11) is 1.38. The van der Waals surface area contributed by atoms with Crippen molar-refractivity contribution in [3.05, 3.63) is 87.8 Å². The number of carbonyl (C=O) groups is 2.